The minimum absolute atomic E-state index is 0.0212. The zero-order chi connectivity index (χ0) is 44.1. The van der Waals surface area contributed by atoms with Gasteiger partial charge in [-0.25, -0.2) is 4.99 Å². The molecule has 3 saturated heterocycles. The van der Waals surface area contributed by atoms with E-state index in [0.29, 0.717) is 23.6 Å². The van der Waals surface area contributed by atoms with E-state index in [1.807, 2.05) is 38.9 Å². The number of pyridine rings is 1. The highest BCUT2D eigenvalue weighted by Gasteiger charge is 2.53. The smallest absolute Gasteiger partial charge is 0.316 e. The highest BCUT2D eigenvalue weighted by Crippen LogP contribution is 2.40. The first-order chi connectivity index (χ1) is 28.3. The predicted octanol–water partition coefficient (Wildman–Crippen LogP) is 4.17. The fraction of sp³-hybridized carbons (Fsp3) is 0.698. The van der Waals surface area contributed by atoms with Gasteiger partial charge in [-0.15, -0.1) is 0 Å². The number of aliphatic hydroxyl groups excluding tert-OH is 1. The Morgan fingerprint density at radius 2 is 1.80 bits per heavy atom. The first-order valence-electron chi connectivity index (χ1n) is 20.8. The van der Waals surface area contributed by atoms with Gasteiger partial charge in [0.15, 0.2) is 24.4 Å². The summed E-state index contributed by atoms with van der Waals surface area (Å²) in [5.74, 6) is -4.81. The largest absolute Gasteiger partial charge is 0.459 e. The van der Waals surface area contributed by atoms with E-state index in [1.54, 1.807) is 52.2 Å². The van der Waals surface area contributed by atoms with Gasteiger partial charge in [-0.2, -0.15) is 0 Å². The number of Topliss-reactive ketones (excluding diaryl/α,β-unsaturated/α-hetero) is 1. The number of hydrogen-bond acceptors (Lipinski definition) is 16. The molecule has 3 aliphatic rings. The zero-order valence-electron chi connectivity index (χ0n) is 36.7. The number of rotatable bonds is 8. The molecule has 2 aromatic rings. The number of ether oxygens (including phenoxy) is 5. The van der Waals surface area contributed by atoms with Crippen molar-refractivity contribution in [2.75, 3.05) is 27.3 Å². The number of likely N-dealkylation sites (N-methyl/N-ethyl adjacent to an activating group) is 1. The molecule has 0 saturated carbocycles. The van der Waals surface area contributed by atoms with Gasteiger partial charge >= 0.3 is 5.97 Å². The number of nitrogens with zero attached hydrogens (tertiary/aromatic N) is 5. The summed E-state index contributed by atoms with van der Waals surface area (Å²) in [5, 5.41) is 32.3. The maximum atomic E-state index is 14.5. The number of carbonyl (C=O) groups excluding carboxylic acids is 3. The summed E-state index contributed by atoms with van der Waals surface area (Å²) in [4.78, 5) is 57.9. The number of hydrogen-bond donors (Lipinski definition) is 2. The summed E-state index contributed by atoms with van der Waals surface area (Å²) in [6.45, 7) is 14.6. The molecule has 0 spiro atoms. The molecule has 5 heterocycles. The molecule has 2 N–H and O–H groups in total. The Labute approximate surface area is 352 Å². The van der Waals surface area contributed by atoms with Crippen molar-refractivity contribution in [1.82, 2.24) is 15.0 Å². The van der Waals surface area contributed by atoms with Crippen molar-refractivity contribution in [3.8, 4) is 11.3 Å². The van der Waals surface area contributed by atoms with E-state index >= 15 is 0 Å². The molecule has 13 atom stereocenters. The number of carbonyl (C=O) groups is 3. The lowest BCUT2D eigenvalue weighted by atomic mass is 9.73. The monoisotopic (exact) mass is 841 g/mol. The second-order valence-corrected chi connectivity index (χ2v) is 17.2. The molecule has 0 aliphatic carbocycles. The average Bonchev–Trinajstić information content (AvgIpc) is 3.74. The van der Waals surface area contributed by atoms with Crippen LogP contribution in [-0.2, 0) is 49.5 Å². The van der Waals surface area contributed by atoms with Crippen LogP contribution in [0.4, 0.5) is 0 Å². The van der Waals surface area contributed by atoms with Crippen LogP contribution in [0, 0.1) is 23.7 Å². The SMILES string of the molecule is CC[C@H]1OC(=O)[C@H](C)C(=O)[C@H](C)[C@@H](O[C@@H]2O[C@H](C)C[C@H](N(C)C)[C@H]2O)[C@@]2(C)C[C@@H](C)C(=NC(C)=O)[C@H](C)[C@H](OC/C(=N\OCc3ccc(-c4ccno4)cn3)CO2)[C@]1(C)O. The second kappa shape index (κ2) is 19.8. The molecular formula is C43H63N5O12. The van der Waals surface area contributed by atoms with Gasteiger partial charge < -0.3 is 48.2 Å². The third kappa shape index (κ3) is 10.7. The van der Waals surface area contributed by atoms with Crippen molar-refractivity contribution in [3.05, 3.63) is 36.3 Å². The Balaban J connectivity index is 1.63. The van der Waals surface area contributed by atoms with E-state index in [-0.39, 0.29) is 50.5 Å². The van der Waals surface area contributed by atoms with Crippen LogP contribution in [0.15, 0.2) is 45.3 Å². The Bertz CT molecular complexity index is 1830. The van der Waals surface area contributed by atoms with Crippen LogP contribution < -0.4 is 0 Å². The topological polar surface area (TPSA) is 214 Å². The maximum Gasteiger partial charge on any atom is 0.316 e. The Morgan fingerprint density at radius 1 is 1.07 bits per heavy atom. The summed E-state index contributed by atoms with van der Waals surface area (Å²) >= 11 is 0. The lowest BCUT2D eigenvalue weighted by Crippen LogP contribution is -2.60. The van der Waals surface area contributed by atoms with Gasteiger partial charge in [0.05, 0.1) is 49.0 Å². The summed E-state index contributed by atoms with van der Waals surface area (Å²) in [7, 11) is 3.72. The summed E-state index contributed by atoms with van der Waals surface area (Å²) in [6.07, 6.45) is -2.01. The van der Waals surface area contributed by atoms with Crippen molar-refractivity contribution in [2.45, 2.75) is 142 Å². The molecule has 1 amide bonds. The molecule has 5 rings (SSSR count). The minimum atomic E-state index is -1.86. The molecule has 3 fully saturated rings. The molecule has 17 heteroatoms. The van der Waals surface area contributed by atoms with Gasteiger partial charge in [-0.05, 0) is 79.1 Å². The Morgan fingerprint density at radius 3 is 2.42 bits per heavy atom. The van der Waals surface area contributed by atoms with Crippen LogP contribution in [0.3, 0.4) is 0 Å². The number of aliphatic imine (C=N–C) groups is 1. The fourth-order valence-electron chi connectivity index (χ4n) is 8.82. The number of cyclic esters (lactones) is 1. The normalized spacial score (nSPS) is 37.6. The van der Waals surface area contributed by atoms with E-state index in [9.17, 15) is 24.6 Å². The lowest BCUT2D eigenvalue weighted by molar-refractivity contribution is -0.296. The summed E-state index contributed by atoms with van der Waals surface area (Å²) < 4.78 is 37.6. The van der Waals surface area contributed by atoms with Gasteiger partial charge in [0.1, 0.15) is 29.4 Å². The van der Waals surface area contributed by atoms with Crippen molar-refractivity contribution >= 4 is 29.1 Å². The van der Waals surface area contributed by atoms with Crippen LogP contribution >= 0.6 is 0 Å². The van der Waals surface area contributed by atoms with Gasteiger partial charge in [0, 0.05) is 48.3 Å². The summed E-state index contributed by atoms with van der Waals surface area (Å²) in [6, 6.07) is 4.99. The molecule has 2 bridgehead atoms. The Hall–Kier alpha value is -3.97. The minimum Gasteiger partial charge on any atom is -0.459 e. The number of amides is 1. The third-order valence-electron chi connectivity index (χ3n) is 12.1. The van der Waals surface area contributed by atoms with Gasteiger partial charge in [0.2, 0.25) is 5.91 Å². The van der Waals surface area contributed by atoms with Crippen molar-refractivity contribution in [2.24, 2.45) is 33.8 Å². The highest BCUT2D eigenvalue weighted by molar-refractivity contribution is 6.00. The van der Waals surface area contributed by atoms with Crippen molar-refractivity contribution in [1.29, 1.82) is 0 Å². The van der Waals surface area contributed by atoms with Gasteiger partial charge in [0.25, 0.3) is 0 Å². The maximum absolute atomic E-state index is 14.5. The molecule has 17 nitrogen and oxygen atoms in total. The fourth-order valence-corrected chi connectivity index (χ4v) is 8.82. The van der Waals surface area contributed by atoms with Crippen LogP contribution in [0.25, 0.3) is 11.3 Å². The number of oxime groups is 1. The van der Waals surface area contributed by atoms with E-state index in [0.717, 1.165) is 5.56 Å². The molecule has 60 heavy (non-hydrogen) atoms. The quantitative estimate of drug-likeness (QED) is 0.217. The summed E-state index contributed by atoms with van der Waals surface area (Å²) in [5.41, 5.74) is -1.30. The van der Waals surface area contributed by atoms with Crippen molar-refractivity contribution in [3.63, 3.8) is 0 Å². The highest BCUT2D eigenvalue weighted by atomic mass is 16.7. The van der Waals surface area contributed by atoms with Crippen LogP contribution in [-0.4, -0.2) is 136 Å². The van der Waals surface area contributed by atoms with Crippen molar-refractivity contribution < 1.29 is 57.6 Å². The number of aromatic nitrogens is 2. The molecule has 2 aromatic heterocycles. The first kappa shape index (κ1) is 47.1. The van der Waals surface area contributed by atoms with Crippen LogP contribution in [0.2, 0.25) is 0 Å². The van der Waals surface area contributed by atoms with E-state index < -0.39 is 83.2 Å². The molecule has 3 aliphatic heterocycles. The number of aliphatic hydroxyl groups is 2. The lowest BCUT2D eigenvalue weighted by Gasteiger charge is -2.47. The Kier molecular flexibility index (Phi) is 15.6. The zero-order valence-corrected chi connectivity index (χ0v) is 36.7. The van der Waals surface area contributed by atoms with Crippen LogP contribution in [0.5, 0.6) is 0 Å². The first-order valence-corrected chi connectivity index (χ1v) is 20.8. The van der Waals surface area contributed by atoms with E-state index in [4.69, 9.17) is 33.0 Å². The standard InChI is InChI=1S/C43H63N5O12/c1-12-34-43(9,53)39-25(4)35(46-28(7)49)23(2)18-42(8,55-21-31(20-54-39)47-56-22-30-14-13-29(19-44-30)33-15-16-45-60-33)38(26(5)36(50)27(6)40(52)58-34)59-41-37(51)32(48(10)11)17-24(3)57-41/h13-16,19,23-27,32,34,37-39,41,51,53H,12,17-18,20-22H2,1-11H3/b46-35?,47-31+/t23-,24-,25+,26+,27-,32+,34-,37-,38-,39+,41+,42-,43-/m1/s1. The van der Waals surface area contributed by atoms with Gasteiger partial charge in [-0.1, -0.05) is 38.0 Å². The average molecular weight is 842 g/mol. The van der Waals surface area contributed by atoms with E-state index in [2.05, 4.69) is 20.3 Å². The number of ketones is 1. The molecule has 332 valence electrons. The number of fused-ring (bicyclic) bond motifs is 5. The molecule has 0 radical (unpaired) electrons. The molecule has 0 aromatic carbocycles. The molecular weight excluding hydrogens is 778 g/mol. The van der Waals surface area contributed by atoms with E-state index in [1.165, 1.54) is 20.8 Å². The second-order valence-electron chi connectivity index (χ2n) is 17.2. The van der Waals surface area contributed by atoms with Gasteiger partial charge in [-0.3, -0.25) is 19.4 Å². The van der Waals surface area contributed by atoms with Crippen LogP contribution in [0.1, 0.15) is 87.3 Å². The predicted molar refractivity (Wildman–Crippen MR) is 219 cm³/mol. The third-order valence-corrected chi connectivity index (χ3v) is 12.1. The molecule has 0 unspecified atom stereocenters. The number of esters is 1.